The van der Waals surface area contributed by atoms with E-state index in [0.717, 1.165) is 13.1 Å². The van der Waals surface area contributed by atoms with Gasteiger partial charge in [-0.25, -0.2) is 0 Å². The van der Waals surface area contributed by atoms with Crippen molar-refractivity contribution in [2.75, 3.05) is 20.1 Å². The SMILES string of the molecule is CCN(C)CC(C)[O][In]([CH3])[CH3]. The first-order valence-electron chi connectivity index (χ1n) is 4.40. The van der Waals surface area contributed by atoms with Crippen molar-refractivity contribution in [3.8, 4) is 0 Å². The summed E-state index contributed by atoms with van der Waals surface area (Å²) in [5.41, 5.74) is 0. The molecule has 0 radical (unpaired) electrons. The zero-order valence-corrected chi connectivity index (χ0v) is 11.7. The van der Waals surface area contributed by atoms with Crippen molar-refractivity contribution in [2.24, 2.45) is 0 Å². The molecule has 0 amide bonds. The molecule has 0 aromatic heterocycles. The van der Waals surface area contributed by atoms with Gasteiger partial charge in [0.15, 0.2) is 0 Å². The number of hydrogen-bond acceptors (Lipinski definition) is 2. The molecule has 1 atom stereocenters. The minimum absolute atomic E-state index is 0.441. The Hall–Kier alpha value is 0.790. The molecule has 0 N–H and O–H groups in total. The quantitative estimate of drug-likeness (QED) is 0.745. The van der Waals surface area contributed by atoms with Crippen LogP contribution in [0.2, 0.25) is 9.36 Å². The first-order chi connectivity index (χ1) is 5.06. The molecule has 0 aliphatic heterocycles. The van der Waals surface area contributed by atoms with Crippen LogP contribution in [0, 0.1) is 0 Å². The number of nitrogens with zero attached hydrogens (tertiary/aromatic N) is 1. The molecule has 0 aromatic carbocycles. The molecule has 0 bridgehead atoms. The molecule has 0 aromatic rings. The Morgan fingerprint density at radius 3 is 2.36 bits per heavy atom. The van der Waals surface area contributed by atoms with Gasteiger partial charge in [-0.15, -0.1) is 0 Å². The van der Waals surface area contributed by atoms with E-state index in [1.54, 1.807) is 0 Å². The second kappa shape index (κ2) is 6.32. The fraction of sp³-hybridized carbons (Fsp3) is 1.00. The van der Waals surface area contributed by atoms with Crippen LogP contribution in [0.4, 0.5) is 0 Å². The molecule has 0 aliphatic rings. The standard InChI is InChI=1S/C6H14NO.2CH3.In/c1-4-7(3)5-6(2)8;;;/h6H,4-5H2,1-3H3;2*1H3;/q-1;;;+1. The van der Waals surface area contributed by atoms with E-state index in [0.29, 0.717) is 6.10 Å². The van der Waals surface area contributed by atoms with Crippen molar-refractivity contribution >= 4 is 21.9 Å². The molecule has 0 saturated heterocycles. The van der Waals surface area contributed by atoms with Crippen LogP contribution in [-0.2, 0) is 2.85 Å². The first-order valence-corrected chi connectivity index (χ1v) is 12.3. The van der Waals surface area contributed by atoms with Crippen LogP contribution in [0.3, 0.4) is 0 Å². The van der Waals surface area contributed by atoms with Crippen LogP contribution in [0.25, 0.3) is 0 Å². The predicted molar refractivity (Wildman–Crippen MR) is 51.2 cm³/mol. The van der Waals surface area contributed by atoms with Crippen molar-refractivity contribution in [3.63, 3.8) is 0 Å². The Kier molecular flexibility index (Phi) is 6.78. The summed E-state index contributed by atoms with van der Waals surface area (Å²) in [5, 5.41) is 0. The van der Waals surface area contributed by atoms with E-state index in [1.165, 1.54) is 0 Å². The zero-order valence-electron chi connectivity index (χ0n) is 8.42. The topological polar surface area (TPSA) is 12.5 Å². The number of likely N-dealkylation sites (N-methyl/N-ethyl adjacent to an activating group) is 1. The maximum absolute atomic E-state index is 5.79. The van der Waals surface area contributed by atoms with Gasteiger partial charge in [0, 0.05) is 0 Å². The second-order valence-electron chi connectivity index (χ2n) is 3.35. The Labute approximate surface area is 79.1 Å². The number of hydrogen-bond donors (Lipinski definition) is 0. The van der Waals surface area contributed by atoms with E-state index in [4.69, 9.17) is 2.85 Å². The Balaban J connectivity index is 3.43. The van der Waals surface area contributed by atoms with Crippen LogP contribution in [0.5, 0.6) is 0 Å². The fourth-order valence-electron chi connectivity index (χ4n) is 1.08. The van der Waals surface area contributed by atoms with Crippen molar-refractivity contribution in [2.45, 2.75) is 29.3 Å². The molecule has 0 fully saturated rings. The Morgan fingerprint density at radius 2 is 2.00 bits per heavy atom. The van der Waals surface area contributed by atoms with E-state index in [-0.39, 0.29) is 0 Å². The molecule has 66 valence electrons. The van der Waals surface area contributed by atoms with Gasteiger partial charge in [-0.2, -0.15) is 0 Å². The molecule has 0 heterocycles. The van der Waals surface area contributed by atoms with E-state index in [2.05, 4.69) is 35.2 Å². The third-order valence-electron chi connectivity index (χ3n) is 1.61. The summed E-state index contributed by atoms with van der Waals surface area (Å²) >= 11 is -1.42. The summed E-state index contributed by atoms with van der Waals surface area (Å²) < 4.78 is 10.4. The number of rotatable bonds is 5. The minimum atomic E-state index is -1.42. The van der Waals surface area contributed by atoms with Crippen LogP contribution in [0.1, 0.15) is 13.8 Å². The van der Waals surface area contributed by atoms with Crippen LogP contribution >= 0.6 is 0 Å². The molecule has 0 saturated carbocycles. The van der Waals surface area contributed by atoms with Crippen molar-refractivity contribution in [1.29, 1.82) is 0 Å². The Morgan fingerprint density at radius 1 is 1.45 bits per heavy atom. The zero-order chi connectivity index (χ0) is 8.85. The van der Waals surface area contributed by atoms with E-state index >= 15 is 0 Å². The summed E-state index contributed by atoms with van der Waals surface area (Å²) in [6.45, 7) is 6.53. The van der Waals surface area contributed by atoms with Crippen molar-refractivity contribution in [1.82, 2.24) is 4.90 Å². The molecule has 3 heteroatoms. The molecule has 11 heavy (non-hydrogen) atoms. The maximum atomic E-state index is 5.79. The van der Waals surface area contributed by atoms with E-state index in [9.17, 15) is 0 Å². The fourth-order valence-corrected chi connectivity index (χ4v) is 3.97. The summed E-state index contributed by atoms with van der Waals surface area (Å²) in [7, 11) is 2.13. The van der Waals surface area contributed by atoms with Gasteiger partial charge in [0.2, 0.25) is 0 Å². The van der Waals surface area contributed by atoms with E-state index in [1.807, 2.05) is 0 Å². The molecular formula is C8H20InNO. The molecule has 1 unspecified atom stereocenters. The Bertz CT molecular complexity index is 98.1. The summed E-state index contributed by atoms with van der Waals surface area (Å²) in [6, 6.07) is 0. The monoisotopic (exact) mass is 261 g/mol. The van der Waals surface area contributed by atoms with Gasteiger partial charge < -0.3 is 0 Å². The summed E-state index contributed by atoms with van der Waals surface area (Å²) in [4.78, 5) is 2.29. The third kappa shape index (κ3) is 7.16. The van der Waals surface area contributed by atoms with Gasteiger partial charge in [-0.3, -0.25) is 0 Å². The first kappa shape index (κ1) is 11.8. The molecule has 0 spiro atoms. The van der Waals surface area contributed by atoms with Gasteiger partial charge >= 0.3 is 79.1 Å². The van der Waals surface area contributed by atoms with Gasteiger partial charge in [-0.1, -0.05) is 0 Å². The molecular weight excluding hydrogens is 241 g/mol. The summed E-state index contributed by atoms with van der Waals surface area (Å²) in [6.07, 6.45) is 0.441. The van der Waals surface area contributed by atoms with Gasteiger partial charge in [0.25, 0.3) is 0 Å². The third-order valence-corrected chi connectivity index (χ3v) is 4.49. The second-order valence-corrected chi connectivity index (χ2v) is 10.1. The average molecular weight is 261 g/mol. The summed E-state index contributed by atoms with van der Waals surface area (Å²) in [5.74, 6) is 0. The molecule has 0 aliphatic carbocycles. The average Bonchev–Trinajstić information content (AvgIpc) is 1.85. The molecule has 2 nitrogen and oxygen atoms in total. The van der Waals surface area contributed by atoms with Gasteiger partial charge in [0.05, 0.1) is 0 Å². The van der Waals surface area contributed by atoms with Gasteiger partial charge in [0.1, 0.15) is 0 Å². The van der Waals surface area contributed by atoms with Crippen LogP contribution in [-0.4, -0.2) is 53.0 Å². The van der Waals surface area contributed by atoms with Crippen LogP contribution < -0.4 is 0 Å². The van der Waals surface area contributed by atoms with Crippen molar-refractivity contribution < 1.29 is 2.85 Å². The predicted octanol–water partition coefficient (Wildman–Crippen LogP) is 1.59. The van der Waals surface area contributed by atoms with Gasteiger partial charge in [-0.05, 0) is 0 Å². The van der Waals surface area contributed by atoms with Crippen LogP contribution in [0.15, 0.2) is 0 Å². The molecule has 0 rings (SSSR count). The van der Waals surface area contributed by atoms with Crippen molar-refractivity contribution in [3.05, 3.63) is 0 Å². The van der Waals surface area contributed by atoms with E-state index < -0.39 is 21.9 Å². The normalized spacial score (nSPS) is 13.6.